The van der Waals surface area contributed by atoms with Crippen LogP contribution in [0.25, 0.3) is 0 Å². The Bertz CT molecular complexity index is 615. The maximum atomic E-state index is 6.09. The number of anilines is 1. The Kier molecular flexibility index (Phi) is 5.68. The van der Waals surface area contributed by atoms with Gasteiger partial charge in [0.1, 0.15) is 0 Å². The Labute approximate surface area is 140 Å². The average molecular weight is 368 g/mol. The van der Waals surface area contributed by atoms with E-state index in [9.17, 15) is 0 Å². The lowest BCUT2D eigenvalue weighted by molar-refractivity contribution is 0.737. The molecule has 2 nitrogen and oxygen atoms in total. The molecule has 2 aromatic carbocycles. The first kappa shape index (κ1) is 16.3. The Hall–Kier alpha value is -1.03. The monoisotopic (exact) mass is 366 g/mol. The van der Waals surface area contributed by atoms with Crippen LogP contribution in [-0.4, -0.2) is 14.1 Å². The molecule has 1 N–H and O–H groups in total. The summed E-state index contributed by atoms with van der Waals surface area (Å²) in [6, 6.07) is 14.7. The van der Waals surface area contributed by atoms with Crippen LogP contribution in [0.15, 0.2) is 46.9 Å². The van der Waals surface area contributed by atoms with Gasteiger partial charge in [-0.1, -0.05) is 29.8 Å². The molecule has 112 valence electrons. The maximum Gasteiger partial charge on any atom is 0.0513 e. The molecule has 2 rings (SSSR count). The minimum atomic E-state index is 0.246. The van der Waals surface area contributed by atoms with E-state index in [1.54, 1.807) is 0 Å². The maximum absolute atomic E-state index is 6.09. The molecule has 1 atom stereocenters. The molecule has 0 aromatic heterocycles. The van der Waals surface area contributed by atoms with Gasteiger partial charge in [-0.25, -0.2) is 0 Å². The van der Waals surface area contributed by atoms with Gasteiger partial charge in [0.15, 0.2) is 0 Å². The number of hydrogen-bond acceptors (Lipinski definition) is 2. The van der Waals surface area contributed by atoms with Crippen LogP contribution in [0, 0.1) is 0 Å². The summed E-state index contributed by atoms with van der Waals surface area (Å²) in [6.45, 7) is 3.05. The molecule has 0 aliphatic rings. The number of halogens is 2. The molecule has 0 bridgehead atoms. The van der Waals surface area contributed by atoms with E-state index in [0.717, 1.165) is 16.0 Å². The third-order valence-electron chi connectivity index (χ3n) is 3.69. The van der Waals surface area contributed by atoms with E-state index in [1.165, 1.54) is 16.8 Å². The zero-order chi connectivity index (χ0) is 15.4. The van der Waals surface area contributed by atoms with Gasteiger partial charge in [-0.15, -0.1) is 0 Å². The Morgan fingerprint density at radius 1 is 1.24 bits per heavy atom. The lowest BCUT2D eigenvalue weighted by atomic mass is 10.1. The topological polar surface area (TPSA) is 15.3 Å². The fraction of sp³-hybridized carbons (Fsp3) is 0.294. The van der Waals surface area contributed by atoms with Crippen molar-refractivity contribution in [3.05, 3.63) is 63.1 Å². The van der Waals surface area contributed by atoms with Crippen molar-refractivity contribution in [2.75, 3.05) is 19.0 Å². The summed E-state index contributed by atoms with van der Waals surface area (Å²) in [4.78, 5) is 2.25. The molecular formula is C17H20BrClN2. The second-order valence-electron chi connectivity index (χ2n) is 5.16. The minimum absolute atomic E-state index is 0.246. The first-order valence-corrected chi connectivity index (χ1v) is 8.11. The molecule has 0 heterocycles. The molecule has 0 aliphatic heterocycles. The SMILES string of the molecule is CNCc1ccc(N(C)C(C)c2cccc(Cl)c2)c(Br)c1. The van der Waals surface area contributed by atoms with Crippen molar-refractivity contribution in [1.29, 1.82) is 0 Å². The summed E-state index contributed by atoms with van der Waals surface area (Å²) in [7, 11) is 4.05. The van der Waals surface area contributed by atoms with Crippen LogP contribution in [-0.2, 0) is 6.54 Å². The highest BCUT2D eigenvalue weighted by Gasteiger charge is 2.15. The molecule has 1 unspecified atom stereocenters. The highest BCUT2D eigenvalue weighted by atomic mass is 79.9. The van der Waals surface area contributed by atoms with Gasteiger partial charge in [-0.05, 0) is 65.3 Å². The van der Waals surface area contributed by atoms with E-state index in [-0.39, 0.29) is 6.04 Å². The zero-order valence-electron chi connectivity index (χ0n) is 12.5. The van der Waals surface area contributed by atoms with Crippen LogP contribution >= 0.6 is 27.5 Å². The van der Waals surface area contributed by atoms with Crippen molar-refractivity contribution in [2.45, 2.75) is 19.5 Å². The third kappa shape index (κ3) is 4.00. The van der Waals surface area contributed by atoms with Crippen LogP contribution < -0.4 is 10.2 Å². The molecule has 2 aromatic rings. The second-order valence-corrected chi connectivity index (χ2v) is 6.45. The lowest BCUT2D eigenvalue weighted by Gasteiger charge is -2.28. The zero-order valence-corrected chi connectivity index (χ0v) is 14.9. The molecule has 0 saturated carbocycles. The van der Waals surface area contributed by atoms with Gasteiger partial charge < -0.3 is 10.2 Å². The predicted molar refractivity (Wildman–Crippen MR) is 95.2 cm³/mol. The van der Waals surface area contributed by atoms with Gasteiger partial charge in [-0.2, -0.15) is 0 Å². The third-order valence-corrected chi connectivity index (χ3v) is 4.56. The Balaban J connectivity index is 2.25. The quantitative estimate of drug-likeness (QED) is 0.798. The molecule has 0 aliphatic carbocycles. The van der Waals surface area contributed by atoms with E-state index < -0.39 is 0 Å². The van der Waals surface area contributed by atoms with Crippen LogP contribution in [0.5, 0.6) is 0 Å². The summed E-state index contributed by atoms with van der Waals surface area (Å²) in [5.74, 6) is 0. The van der Waals surface area contributed by atoms with Crippen LogP contribution in [0.4, 0.5) is 5.69 Å². The largest absolute Gasteiger partial charge is 0.367 e. The van der Waals surface area contributed by atoms with E-state index in [4.69, 9.17) is 11.6 Å². The van der Waals surface area contributed by atoms with E-state index in [0.29, 0.717) is 0 Å². The standard InChI is InChI=1S/C17H20BrClN2/c1-12(14-5-4-6-15(19)10-14)21(3)17-8-7-13(11-20-2)9-16(17)18/h4-10,12,20H,11H2,1-3H3. The summed E-state index contributed by atoms with van der Waals surface area (Å²) >= 11 is 9.77. The number of rotatable bonds is 5. The minimum Gasteiger partial charge on any atom is -0.367 e. The van der Waals surface area contributed by atoms with Gasteiger partial charge in [-0.3, -0.25) is 0 Å². The summed E-state index contributed by atoms with van der Waals surface area (Å²) < 4.78 is 1.10. The van der Waals surface area contributed by atoms with E-state index in [2.05, 4.69) is 64.4 Å². The molecule has 0 saturated heterocycles. The van der Waals surface area contributed by atoms with E-state index >= 15 is 0 Å². The van der Waals surface area contributed by atoms with Crippen molar-refractivity contribution in [3.63, 3.8) is 0 Å². The van der Waals surface area contributed by atoms with Gasteiger partial charge in [0, 0.05) is 23.1 Å². The molecule has 0 spiro atoms. The fourth-order valence-corrected chi connectivity index (χ4v) is 3.25. The first-order valence-electron chi connectivity index (χ1n) is 6.94. The Morgan fingerprint density at radius 3 is 2.62 bits per heavy atom. The summed E-state index contributed by atoms with van der Waals surface area (Å²) in [5.41, 5.74) is 3.63. The van der Waals surface area contributed by atoms with Crippen molar-refractivity contribution < 1.29 is 0 Å². The highest BCUT2D eigenvalue weighted by molar-refractivity contribution is 9.10. The van der Waals surface area contributed by atoms with Crippen molar-refractivity contribution in [3.8, 4) is 0 Å². The molecule has 0 radical (unpaired) electrons. The molecule has 4 heteroatoms. The van der Waals surface area contributed by atoms with Crippen molar-refractivity contribution in [2.24, 2.45) is 0 Å². The number of nitrogens with zero attached hydrogens (tertiary/aromatic N) is 1. The summed E-state index contributed by atoms with van der Waals surface area (Å²) in [6.07, 6.45) is 0. The van der Waals surface area contributed by atoms with Gasteiger partial charge in [0.2, 0.25) is 0 Å². The number of benzene rings is 2. The number of hydrogen-bond donors (Lipinski definition) is 1. The average Bonchev–Trinajstić information content (AvgIpc) is 2.46. The molecule has 21 heavy (non-hydrogen) atoms. The van der Waals surface area contributed by atoms with Crippen molar-refractivity contribution >= 4 is 33.2 Å². The molecular weight excluding hydrogens is 348 g/mol. The molecule has 0 fully saturated rings. The van der Waals surface area contributed by atoms with Gasteiger partial charge in [0.05, 0.1) is 11.7 Å². The van der Waals surface area contributed by atoms with Crippen molar-refractivity contribution in [1.82, 2.24) is 5.32 Å². The molecule has 0 amide bonds. The van der Waals surface area contributed by atoms with Gasteiger partial charge in [0.25, 0.3) is 0 Å². The highest BCUT2D eigenvalue weighted by Crippen LogP contribution is 2.32. The first-order chi connectivity index (χ1) is 10.0. The van der Waals surface area contributed by atoms with Crippen LogP contribution in [0.3, 0.4) is 0 Å². The normalized spacial score (nSPS) is 12.2. The van der Waals surface area contributed by atoms with E-state index in [1.807, 2.05) is 25.2 Å². The Morgan fingerprint density at radius 2 is 2.00 bits per heavy atom. The lowest BCUT2D eigenvalue weighted by Crippen LogP contribution is -2.22. The second kappa shape index (κ2) is 7.30. The summed E-state index contributed by atoms with van der Waals surface area (Å²) in [5, 5.41) is 3.94. The van der Waals surface area contributed by atoms with Gasteiger partial charge >= 0.3 is 0 Å². The predicted octanol–water partition coefficient (Wildman–Crippen LogP) is 5.02. The number of nitrogens with one attached hydrogen (secondary N) is 1. The smallest absolute Gasteiger partial charge is 0.0513 e. The fourth-order valence-electron chi connectivity index (χ4n) is 2.35. The van der Waals surface area contributed by atoms with Crippen LogP contribution in [0.1, 0.15) is 24.1 Å². The van der Waals surface area contributed by atoms with Crippen LogP contribution in [0.2, 0.25) is 5.02 Å².